The highest BCUT2D eigenvalue weighted by Crippen LogP contribution is 2.30. The molecule has 2 aromatic rings. The van der Waals surface area contributed by atoms with E-state index >= 15 is 0 Å². The lowest BCUT2D eigenvalue weighted by atomic mass is 10.0. The third-order valence-corrected chi connectivity index (χ3v) is 3.62. The molecule has 1 unspecified atom stereocenters. The maximum Gasteiger partial charge on any atom is 0.126 e. The summed E-state index contributed by atoms with van der Waals surface area (Å²) in [6.07, 6.45) is -0.177. The average Bonchev–Trinajstić information content (AvgIpc) is 2.74. The van der Waals surface area contributed by atoms with Crippen LogP contribution in [-0.4, -0.2) is 5.11 Å². The summed E-state index contributed by atoms with van der Waals surface area (Å²) in [5.41, 5.74) is 1.26. The van der Waals surface area contributed by atoms with E-state index in [-0.39, 0.29) is 5.56 Å². The van der Waals surface area contributed by atoms with Gasteiger partial charge in [0.05, 0.1) is 0 Å². The molecule has 0 radical (unpaired) electrons. The van der Waals surface area contributed by atoms with Crippen molar-refractivity contribution in [3.63, 3.8) is 0 Å². The van der Waals surface area contributed by atoms with E-state index in [1.165, 1.54) is 11.3 Å². The van der Waals surface area contributed by atoms with Crippen LogP contribution >= 0.6 is 11.3 Å². The normalized spacial score (nSPS) is 12.7. The molecule has 0 bridgehead atoms. The van der Waals surface area contributed by atoms with Gasteiger partial charge in [0.15, 0.2) is 0 Å². The molecule has 1 atom stereocenters. The summed E-state index contributed by atoms with van der Waals surface area (Å²) in [5, 5.41) is 12.0. The lowest BCUT2D eigenvalue weighted by Crippen LogP contribution is -2.01. The summed E-state index contributed by atoms with van der Waals surface area (Å²) >= 11 is 1.39. The molecule has 1 nitrogen and oxygen atoms in total. The Morgan fingerprint density at radius 1 is 1.24 bits per heavy atom. The van der Waals surface area contributed by atoms with E-state index < -0.39 is 17.7 Å². The fraction of sp³-hybridized carbons (Fsp3) is 0.231. The summed E-state index contributed by atoms with van der Waals surface area (Å²) in [6, 6.07) is 5.03. The minimum Gasteiger partial charge on any atom is -0.383 e. The molecular weight excluding hydrogens is 242 g/mol. The Hall–Kier alpha value is -1.26. The first-order valence-corrected chi connectivity index (χ1v) is 6.20. The molecule has 0 amide bonds. The van der Waals surface area contributed by atoms with E-state index in [4.69, 9.17) is 0 Å². The Labute approximate surface area is 102 Å². The van der Waals surface area contributed by atoms with Gasteiger partial charge in [0.25, 0.3) is 0 Å². The van der Waals surface area contributed by atoms with Gasteiger partial charge in [0, 0.05) is 10.9 Å². The number of benzene rings is 1. The quantitative estimate of drug-likeness (QED) is 0.886. The Morgan fingerprint density at radius 3 is 2.47 bits per heavy atom. The van der Waals surface area contributed by atoms with E-state index in [9.17, 15) is 13.9 Å². The van der Waals surface area contributed by atoms with Crippen molar-refractivity contribution in [1.29, 1.82) is 0 Å². The summed E-state index contributed by atoms with van der Waals surface area (Å²) in [5.74, 6) is -1.35. The highest BCUT2D eigenvalue weighted by molar-refractivity contribution is 7.10. The maximum absolute atomic E-state index is 13.1. The molecule has 0 fully saturated rings. The van der Waals surface area contributed by atoms with Crippen molar-refractivity contribution in [1.82, 2.24) is 0 Å². The Bertz CT molecular complexity index is 502. The Balaban J connectivity index is 2.39. The molecule has 1 heterocycles. The molecule has 1 aromatic carbocycles. The van der Waals surface area contributed by atoms with Gasteiger partial charge in [-0.3, -0.25) is 0 Å². The molecule has 4 heteroatoms. The number of aryl methyl sites for hydroxylation is 1. The highest BCUT2D eigenvalue weighted by Gasteiger charge is 2.16. The van der Waals surface area contributed by atoms with Crippen molar-refractivity contribution in [2.45, 2.75) is 19.4 Å². The van der Waals surface area contributed by atoms with Gasteiger partial charge in [-0.05, 0) is 41.1 Å². The van der Waals surface area contributed by atoms with Crippen molar-refractivity contribution in [2.24, 2.45) is 0 Å². The Morgan fingerprint density at radius 2 is 1.88 bits per heavy atom. The van der Waals surface area contributed by atoms with Gasteiger partial charge >= 0.3 is 0 Å². The number of hydrogen-bond acceptors (Lipinski definition) is 2. The molecule has 0 aliphatic carbocycles. The number of hydrogen-bond donors (Lipinski definition) is 1. The second-order valence-electron chi connectivity index (χ2n) is 3.77. The third-order valence-electron chi connectivity index (χ3n) is 2.61. The van der Waals surface area contributed by atoms with Crippen molar-refractivity contribution in [2.75, 3.05) is 0 Å². The van der Waals surface area contributed by atoms with Gasteiger partial charge in [-0.25, -0.2) is 8.78 Å². The molecule has 0 aliphatic heterocycles. The molecule has 2 rings (SSSR count). The predicted octanol–water partition coefficient (Wildman–Crippen LogP) is 3.67. The van der Waals surface area contributed by atoms with Crippen LogP contribution in [-0.2, 0) is 6.42 Å². The van der Waals surface area contributed by atoms with Gasteiger partial charge in [-0.2, -0.15) is 0 Å². The van der Waals surface area contributed by atoms with Gasteiger partial charge in [0.2, 0.25) is 0 Å². The molecule has 17 heavy (non-hydrogen) atoms. The predicted molar refractivity (Wildman–Crippen MR) is 64.1 cm³/mol. The van der Waals surface area contributed by atoms with Crippen LogP contribution in [0.4, 0.5) is 8.78 Å². The zero-order valence-corrected chi connectivity index (χ0v) is 10.1. The van der Waals surface area contributed by atoms with Gasteiger partial charge in [-0.1, -0.05) is 6.92 Å². The molecular formula is C13H12F2OS. The van der Waals surface area contributed by atoms with Crippen molar-refractivity contribution in [3.05, 3.63) is 57.3 Å². The molecule has 0 saturated carbocycles. The average molecular weight is 254 g/mol. The molecule has 1 aromatic heterocycles. The van der Waals surface area contributed by atoms with Crippen molar-refractivity contribution in [3.8, 4) is 0 Å². The lowest BCUT2D eigenvalue weighted by molar-refractivity contribution is 0.222. The van der Waals surface area contributed by atoms with Crippen LogP contribution in [0.5, 0.6) is 0 Å². The summed E-state index contributed by atoms with van der Waals surface area (Å²) in [4.78, 5) is 0.748. The number of halogens is 2. The first kappa shape index (κ1) is 12.2. The van der Waals surface area contributed by atoms with Crippen LogP contribution in [0.3, 0.4) is 0 Å². The van der Waals surface area contributed by atoms with E-state index in [0.29, 0.717) is 0 Å². The molecule has 0 aliphatic rings. The second-order valence-corrected chi connectivity index (χ2v) is 4.72. The van der Waals surface area contributed by atoms with E-state index in [2.05, 4.69) is 0 Å². The third kappa shape index (κ3) is 2.53. The van der Waals surface area contributed by atoms with Crippen molar-refractivity contribution < 1.29 is 13.9 Å². The highest BCUT2D eigenvalue weighted by atomic mass is 32.1. The standard InChI is InChI=1S/C13H12F2OS/c1-2-8-3-4-17-13(8)12(16)9-5-10(14)7-11(15)6-9/h3-7,12,16H,2H2,1H3. The van der Waals surface area contributed by atoms with Gasteiger partial charge in [-0.15, -0.1) is 11.3 Å². The number of aliphatic hydroxyl groups excluding tert-OH is 1. The van der Waals surface area contributed by atoms with Crippen LogP contribution in [0.2, 0.25) is 0 Å². The number of thiophene rings is 1. The monoisotopic (exact) mass is 254 g/mol. The second kappa shape index (κ2) is 4.94. The van der Waals surface area contributed by atoms with Crippen LogP contribution in [0, 0.1) is 11.6 Å². The van der Waals surface area contributed by atoms with E-state index in [1.807, 2.05) is 18.4 Å². The SMILES string of the molecule is CCc1ccsc1C(O)c1cc(F)cc(F)c1. The minimum absolute atomic E-state index is 0.250. The fourth-order valence-corrected chi connectivity index (χ4v) is 2.77. The number of aliphatic hydroxyl groups is 1. The lowest BCUT2D eigenvalue weighted by Gasteiger charge is -2.11. The summed E-state index contributed by atoms with van der Waals surface area (Å²) in [6.45, 7) is 1.98. The minimum atomic E-state index is -0.963. The zero-order chi connectivity index (χ0) is 12.4. The molecule has 90 valence electrons. The number of rotatable bonds is 3. The molecule has 0 saturated heterocycles. The topological polar surface area (TPSA) is 20.2 Å². The van der Waals surface area contributed by atoms with E-state index in [0.717, 1.165) is 35.1 Å². The summed E-state index contributed by atoms with van der Waals surface area (Å²) < 4.78 is 26.1. The van der Waals surface area contributed by atoms with E-state index in [1.54, 1.807) is 0 Å². The smallest absolute Gasteiger partial charge is 0.126 e. The van der Waals surface area contributed by atoms with Crippen LogP contribution < -0.4 is 0 Å². The van der Waals surface area contributed by atoms with Gasteiger partial charge < -0.3 is 5.11 Å². The maximum atomic E-state index is 13.1. The first-order chi connectivity index (χ1) is 8.11. The molecule has 1 N–H and O–H groups in total. The first-order valence-electron chi connectivity index (χ1n) is 5.32. The zero-order valence-electron chi connectivity index (χ0n) is 9.28. The summed E-state index contributed by atoms with van der Waals surface area (Å²) in [7, 11) is 0. The van der Waals surface area contributed by atoms with Crippen LogP contribution in [0.1, 0.15) is 29.0 Å². The fourth-order valence-electron chi connectivity index (χ4n) is 1.76. The Kier molecular flexibility index (Phi) is 3.54. The molecule has 0 spiro atoms. The van der Waals surface area contributed by atoms with Gasteiger partial charge in [0.1, 0.15) is 17.7 Å². The van der Waals surface area contributed by atoms with Crippen LogP contribution in [0.25, 0.3) is 0 Å². The largest absolute Gasteiger partial charge is 0.383 e. The van der Waals surface area contributed by atoms with Crippen molar-refractivity contribution >= 4 is 11.3 Å². The van der Waals surface area contributed by atoms with Crippen LogP contribution in [0.15, 0.2) is 29.6 Å².